The Labute approximate surface area is 257 Å². The van der Waals surface area contributed by atoms with Crippen LogP contribution in [0, 0.1) is 0 Å². The van der Waals surface area contributed by atoms with Crippen molar-refractivity contribution in [2.45, 2.75) is 24.5 Å². The highest BCUT2D eigenvalue weighted by Gasteiger charge is 2.20. The highest BCUT2D eigenvalue weighted by Crippen LogP contribution is 2.35. The second kappa shape index (κ2) is 14.0. The fourth-order valence-corrected chi connectivity index (χ4v) is 5.44. The number of hydrogen-bond donors (Lipinski definition) is 2. The summed E-state index contributed by atoms with van der Waals surface area (Å²) in [5.41, 5.74) is 1.62. The first-order valence-electron chi connectivity index (χ1n) is 13.8. The van der Waals surface area contributed by atoms with E-state index >= 15 is 0 Å². The number of hydrogen-bond acceptors (Lipinski definition) is 10. The summed E-state index contributed by atoms with van der Waals surface area (Å²) in [7, 11) is 4.69. The van der Waals surface area contributed by atoms with Crippen LogP contribution in [0.3, 0.4) is 0 Å². The zero-order valence-electron chi connectivity index (χ0n) is 24.5. The molecule has 0 bridgehead atoms. The molecule has 230 valence electrons. The van der Waals surface area contributed by atoms with Gasteiger partial charge in [0.2, 0.25) is 18.6 Å². The maximum absolute atomic E-state index is 13.6. The Bertz CT molecular complexity index is 1740. The van der Waals surface area contributed by atoms with E-state index in [1.807, 2.05) is 18.2 Å². The fraction of sp³-hybridized carbons (Fsp3) is 0.290. The first-order valence-corrected chi connectivity index (χ1v) is 14.8. The molecule has 2 heterocycles. The van der Waals surface area contributed by atoms with Crippen LogP contribution in [0.2, 0.25) is 0 Å². The number of amides is 2. The Morgan fingerprint density at radius 3 is 2.52 bits per heavy atom. The number of fused-ring (bicyclic) bond motifs is 2. The Morgan fingerprint density at radius 1 is 0.955 bits per heavy atom. The van der Waals surface area contributed by atoms with Crippen molar-refractivity contribution in [2.24, 2.45) is 0 Å². The summed E-state index contributed by atoms with van der Waals surface area (Å²) in [6.45, 7) is 0.516. The van der Waals surface area contributed by atoms with Gasteiger partial charge in [-0.3, -0.25) is 19.0 Å². The number of thioether (sulfide) groups is 1. The van der Waals surface area contributed by atoms with Crippen LogP contribution in [0.5, 0.6) is 28.7 Å². The number of methoxy groups -OCH3 is 3. The van der Waals surface area contributed by atoms with Crippen LogP contribution in [0.25, 0.3) is 10.9 Å². The molecule has 0 radical (unpaired) electrons. The van der Waals surface area contributed by atoms with E-state index in [-0.39, 0.29) is 42.9 Å². The summed E-state index contributed by atoms with van der Waals surface area (Å²) in [5, 5.41) is 6.35. The molecule has 1 aliphatic heterocycles. The first-order chi connectivity index (χ1) is 21.4. The van der Waals surface area contributed by atoms with Gasteiger partial charge >= 0.3 is 0 Å². The molecule has 2 amide bonds. The molecule has 2 N–H and O–H groups in total. The van der Waals surface area contributed by atoms with E-state index in [0.29, 0.717) is 63.5 Å². The normalized spacial score (nSPS) is 11.7. The smallest absolute Gasteiger partial charge is 0.262 e. The molecule has 0 atom stereocenters. The van der Waals surface area contributed by atoms with Crippen molar-refractivity contribution in [1.29, 1.82) is 0 Å². The van der Waals surface area contributed by atoms with Crippen LogP contribution < -0.4 is 39.9 Å². The molecule has 0 saturated carbocycles. The van der Waals surface area contributed by atoms with Gasteiger partial charge in [-0.2, -0.15) is 0 Å². The van der Waals surface area contributed by atoms with Gasteiger partial charge in [-0.15, -0.1) is 0 Å². The van der Waals surface area contributed by atoms with E-state index in [1.54, 1.807) is 57.7 Å². The maximum atomic E-state index is 13.6. The number of anilines is 1. The highest BCUT2D eigenvalue weighted by atomic mass is 32.2. The molecule has 1 aromatic heterocycles. The molecule has 0 spiro atoms. The molecular weight excluding hydrogens is 588 g/mol. The van der Waals surface area contributed by atoms with E-state index in [1.165, 1.54) is 4.57 Å². The molecule has 12 nitrogen and oxygen atoms in total. The molecule has 44 heavy (non-hydrogen) atoms. The van der Waals surface area contributed by atoms with Gasteiger partial charge in [0.15, 0.2) is 28.2 Å². The van der Waals surface area contributed by atoms with E-state index in [2.05, 4.69) is 15.6 Å². The zero-order chi connectivity index (χ0) is 31.1. The van der Waals surface area contributed by atoms with Crippen molar-refractivity contribution in [3.05, 3.63) is 70.5 Å². The third kappa shape index (κ3) is 7.17. The number of ether oxygens (including phenoxy) is 5. The van der Waals surface area contributed by atoms with Crippen LogP contribution in [-0.2, 0) is 22.6 Å². The fourth-order valence-electron chi connectivity index (χ4n) is 4.61. The Kier molecular flexibility index (Phi) is 9.75. The van der Waals surface area contributed by atoms with Crippen molar-refractivity contribution in [2.75, 3.05) is 45.7 Å². The predicted molar refractivity (Wildman–Crippen MR) is 165 cm³/mol. The van der Waals surface area contributed by atoms with Crippen LogP contribution in [0.15, 0.2) is 64.5 Å². The van der Waals surface area contributed by atoms with Gasteiger partial charge < -0.3 is 34.3 Å². The molecule has 13 heteroatoms. The molecule has 4 aromatic rings. The molecule has 5 rings (SSSR count). The van der Waals surface area contributed by atoms with Crippen molar-refractivity contribution in [3.8, 4) is 28.7 Å². The SMILES string of the molecule is COc1cccc(NC(=O)CSc2nc3cc4c(cc3c(=O)n2CCC(=O)NCCc2ccc(OC)c(OC)c2)OCO4)c1. The molecule has 0 fully saturated rings. The molecule has 0 saturated heterocycles. The Hall–Kier alpha value is -4.91. The minimum Gasteiger partial charge on any atom is -0.497 e. The van der Waals surface area contributed by atoms with E-state index < -0.39 is 0 Å². The zero-order valence-corrected chi connectivity index (χ0v) is 25.3. The van der Waals surface area contributed by atoms with Gasteiger partial charge in [-0.1, -0.05) is 23.9 Å². The van der Waals surface area contributed by atoms with Crippen LogP contribution in [0.1, 0.15) is 12.0 Å². The van der Waals surface area contributed by atoms with Gasteiger partial charge in [0.05, 0.1) is 38.0 Å². The lowest BCUT2D eigenvalue weighted by Gasteiger charge is -2.14. The van der Waals surface area contributed by atoms with Gasteiger partial charge in [-0.05, 0) is 42.3 Å². The minimum absolute atomic E-state index is 0.0166. The average molecular weight is 621 g/mol. The highest BCUT2D eigenvalue weighted by molar-refractivity contribution is 7.99. The lowest BCUT2D eigenvalue weighted by atomic mass is 10.1. The number of carbonyl (C=O) groups is 2. The third-order valence-corrected chi connectivity index (χ3v) is 7.82. The molecule has 3 aromatic carbocycles. The first kappa shape index (κ1) is 30.5. The van der Waals surface area contributed by atoms with Crippen LogP contribution >= 0.6 is 11.8 Å². The second-order valence-corrected chi connectivity index (χ2v) is 10.6. The number of rotatable bonds is 13. The summed E-state index contributed by atoms with van der Waals surface area (Å²) in [4.78, 5) is 43.8. The van der Waals surface area contributed by atoms with Crippen molar-refractivity contribution in [1.82, 2.24) is 14.9 Å². The maximum Gasteiger partial charge on any atom is 0.262 e. The summed E-state index contributed by atoms with van der Waals surface area (Å²) >= 11 is 1.10. The number of aromatic nitrogens is 2. The van der Waals surface area contributed by atoms with E-state index in [0.717, 1.165) is 17.3 Å². The monoisotopic (exact) mass is 620 g/mol. The van der Waals surface area contributed by atoms with Crippen molar-refractivity contribution >= 4 is 40.2 Å². The molecular formula is C31H32N4O8S. The van der Waals surface area contributed by atoms with E-state index in [4.69, 9.17) is 23.7 Å². The number of nitrogens with one attached hydrogen (secondary N) is 2. The van der Waals surface area contributed by atoms with Crippen LogP contribution in [0.4, 0.5) is 5.69 Å². The van der Waals surface area contributed by atoms with E-state index in [9.17, 15) is 14.4 Å². The third-order valence-electron chi connectivity index (χ3n) is 6.85. The molecule has 0 unspecified atom stereocenters. The van der Waals surface area contributed by atoms with Gasteiger partial charge in [-0.25, -0.2) is 4.98 Å². The topological polar surface area (TPSA) is 139 Å². The quantitative estimate of drug-likeness (QED) is 0.168. The average Bonchev–Trinajstić information content (AvgIpc) is 3.50. The standard InChI is InChI=1S/C31H32N4O8S/c1-39-21-6-4-5-20(14-21)33-29(37)17-44-31-34-23-16-27-26(42-18-43-27)15-22(23)30(38)35(31)12-10-28(36)32-11-9-19-7-8-24(40-2)25(13-19)41-3/h4-8,13-16H,9-12,17-18H2,1-3H3,(H,32,36)(H,33,37). The Balaban J connectivity index is 1.27. The summed E-state index contributed by atoms with van der Waals surface area (Å²) in [6.07, 6.45) is 0.618. The summed E-state index contributed by atoms with van der Waals surface area (Å²) < 4.78 is 28.1. The van der Waals surface area contributed by atoms with Crippen molar-refractivity contribution in [3.63, 3.8) is 0 Å². The van der Waals surface area contributed by atoms with Gasteiger partial charge in [0, 0.05) is 37.3 Å². The predicted octanol–water partition coefficient (Wildman–Crippen LogP) is 3.63. The Morgan fingerprint density at radius 2 is 1.75 bits per heavy atom. The largest absolute Gasteiger partial charge is 0.497 e. The summed E-state index contributed by atoms with van der Waals surface area (Å²) in [5.74, 6) is 2.27. The number of benzene rings is 3. The second-order valence-electron chi connectivity index (χ2n) is 9.68. The molecule has 0 aliphatic carbocycles. The minimum atomic E-state index is -0.345. The van der Waals surface area contributed by atoms with Gasteiger partial charge in [0.25, 0.3) is 5.56 Å². The van der Waals surface area contributed by atoms with Crippen LogP contribution in [-0.4, -0.2) is 61.8 Å². The summed E-state index contributed by atoms with van der Waals surface area (Å²) in [6, 6.07) is 15.8. The number of carbonyl (C=O) groups excluding carboxylic acids is 2. The lowest BCUT2D eigenvalue weighted by Crippen LogP contribution is -2.30. The lowest BCUT2D eigenvalue weighted by molar-refractivity contribution is -0.121. The van der Waals surface area contributed by atoms with Gasteiger partial charge in [0.1, 0.15) is 5.75 Å². The van der Waals surface area contributed by atoms with Crippen molar-refractivity contribution < 1.29 is 33.3 Å². The number of nitrogens with zero attached hydrogens (tertiary/aromatic N) is 2. The molecule has 1 aliphatic rings.